The molecule has 0 amide bonds. The number of hydrogen-bond acceptors (Lipinski definition) is 4. The second kappa shape index (κ2) is 4.93. The number of nitrogens with one attached hydrogen (secondary N) is 1. The van der Waals surface area contributed by atoms with Crippen LogP contribution in [0.3, 0.4) is 0 Å². The van der Waals surface area contributed by atoms with Crippen LogP contribution in [0.5, 0.6) is 0 Å². The van der Waals surface area contributed by atoms with E-state index in [9.17, 15) is 8.42 Å². The molecule has 0 aromatic carbocycles. The first-order valence-electron chi connectivity index (χ1n) is 5.23. The molecule has 2 rings (SSSR count). The van der Waals surface area contributed by atoms with E-state index < -0.39 is 10.0 Å². The smallest absolute Gasteiger partial charge is 0.260 e. The monoisotopic (exact) mass is 279 g/mol. The first kappa shape index (κ1) is 12.8. The lowest BCUT2D eigenvalue weighted by Gasteiger charge is -2.32. The Morgan fingerprint density at radius 3 is 3.06 bits per heavy atom. The van der Waals surface area contributed by atoms with E-state index in [1.54, 1.807) is 6.92 Å². The Balaban J connectivity index is 2.30. The number of nitrogens with zero attached hydrogens (tertiary/aromatic N) is 2. The van der Waals surface area contributed by atoms with E-state index in [-0.39, 0.29) is 16.9 Å². The van der Waals surface area contributed by atoms with Gasteiger partial charge in [-0.1, -0.05) is 0 Å². The number of aryl methyl sites for hydroxylation is 1. The van der Waals surface area contributed by atoms with Gasteiger partial charge in [0.25, 0.3) is 10.0 Å². The highest BCUT2D eigenvalue weighted by Crippen LogP contribution is 2.19. The van der Waals surface area contributed by atoms with Crippen LogP contribution in [0.4, 0.5) is 0 Å². The molecule has 1 saturated heterocycles. The second-order valence-corrected chi connectivity index (χ2v) is 6.00. The lowest BCUT2D eigenvalue weighted by molar-refractivity contribution is 0.0403. The zero-order valence-electron chi connectivity index (χ0n) is 9.39. The largest absolute Gasteiger partial charge is 0.378 e. The van der Waals surface area contributed by atoms with Gasteiger partial charge in [0.05, 0.1) is 25.5 Å². The Labute approximate surface area is 105 Å². The maximum Gasteiger partial charge on any atom is 0.260 e. The first-order chi connectivity index (χ1) is 8.05. The number of alkyl halides is 1. The number of imidazole rings is 1. The van der Waals surface area contributed by atoms with Crippen molar-refractivity contribution in [1.29, 1.82) is 0 Å². The minimum atomic E-state index is -3.55. The molecule has 8 heteroatoms. The Morgan fingerprint density at radius 2 is 2.47 bits per heavy atom. The van der Waals surface area contributed by atoms with Crippen LogP contribution in [0.25, 0.3) is 0 Å². The van der Waals surface area contributed by atoms with Crippen molar-refractivity contribution in [3.8, 4) is 0 Å². The highest BCUT2D eigenvalue weighted by Gasteiger charge is 2.34. The molecule has 0 radical (unpaired) electrons. The van der Waals surface area contributed by atoms with Gasteiger partial charge in [-0.3, -0.25) is 0 Å². The number of H-pyrrole nitrogens is 1. The molecule has 6 nitrogen and oxygen atoms in total. The quantitative estimate of drug-likeness (QED) is 0.810. The zero-order chi connectivity index (χ0) is 12.5. The Morgan fingerprint density at radius 1 is 1.71 bits per heavy atom. The van der Waals surface area contributed by atoms with Crippen molar-refractivity contribution in [1.82, 2.24) is 14.3 Å². The van der Waals surface area contributed by atoms with Gasteiger partial charge in [0.2, 0.25) is 0 Å². The molecule has 1 atom stereocenters. The summed E-state index contributed by atoms with van der Waals surface area (Å²) in [5, 5.41) is 0.104. The highest BCUT2D eigenvalue weighted by atomic mass is 35.5. The third-order valence-electron chi connectivity index (χ3n) is 2.62. The molecule has 0 aliphatic carbocycles. The number of rotatable bonds is 3. The fourth-order valence-electron chi connectivity index (χ4n) is 1.73. The lowest BCUT2D eigenvalue weighted by Crippen LogP contribution is -2.49. The summed E-state index contributed by atoms with van der Waals surface area (Å²) in [5.74, 6) is 0.783. The van der Waals surface area contributed by atoms with E-state index in [0.29, 0.717) is 25.6 Å². The minimum absolute atomic E-state index is 0.104. The molecule has 1 aliphatic heterocycles. The summed E-state index contributed by atoms with van der Waals surface area (Å²) < 4.78 is 31.2. The number of aromatic amines is 1. The third-order valence-corrected chi connectivity index (χ3v) is 4.84. The molecule has 1 aromatic heterocycles. The number of ether oxygens (including phenoxy) is 1. The van der Waals surface area contributed by atoms with Crippen molar-refractivity contribution in [2.75, 3.05) is 25.6 Å². The van der Waals surface area contributed by atoms with E-state index in [4.69, 9.17) is 16.3 Å². The van der Waals surface area contributed by atoms with Gasteiger partial charge < -0.3 is 9.72 Å². The summed E-state index contributed by atoms with van der Waals surface area (Å²) in [6.45, 7) is 2.74. The minimum Gasteiger partial charge on any atom is -0.378 e. The SMILES string of the molecule is Cc1ncc(S(=O)(=O)N2CCOCC2CCl)[nH]1. The fraction of sp³-hybridized carbons (Fsp3) is 0.667. The summed E-state index contributed by atoms with van der Waals surface area (Å²) in [4.78, 5) is 6.64. The summed E-state index contributed by atoms with van der Waals surface area (Å²) >= 11 is 5.76. The van der Waals surface area contributed by atoms with E-state index in [2.05, 4.69) is 9.97 Å². The summed E-state index contributed by atoms with van der Waals surface area (Å²) in [5.41, 5.74) is 0. The van der Waals surface area contributed by atoms with Gasteiger partial charge in [-0.15, -0.1) is 11.6 Å². The maximum atomic E-state index is 12.3. The van der Waals surface area contributed by atoms with Gasteiger partial charge in [-0.05, 0) is 6.92 Å². The molecule has 0 bridgehead atoms. The molecule has 2 heterocycles. The lowest BCUT2D eigenvalue weighted by atomic mass is 10.3. The average molecular weight is 280 g/mol. The Hall–Kier alpha value is -0.630. The van der Waals surface area contributed by atoms with Crippen LogP contribution in [-0.4, -0.2) is 54.4 Å². The van der Waals surface area contributed by atoms with Gasteiger partial charge in [0.1, 0.15) is 5.82 Å². The van der Waals surface area contributed by atoms with Crippen LogP contribution in [0, 0.1) is 6.92 Å². The van der Waals surface area contributed by atoms with Gasteiger partial charge >= 0.3 is 0 Å². The van der Waals surface area contributed by atoms with E-state index >= 15 is 0 Å². The fourth-order valence-corrected chi connectivity index (χ4v) is 3.63. The van der Waals surface area contributed by atoms with Crippen LogP contribution in [0.1, 0.15) is 5.82 Å². The zero-order valence-corrected chi connectivity index (χ0v) is 11.0. The number of morpholine rings is 1. The normalized spacial score (nSPS) is 22.8. The molecule has 1 unspecified atom stereocenters. The number of halogens is 1. The van der Waals surface area contributed by atoms with Crippen LogP contribution < -0.4 is 0 Å². The van der Waals surface area contributed by atoms with Crippen LogP contribution >= 0.6 is 11.6 Å². The molecular formula is C9H14ClN3O3S. The second-order valence-electron chi connectivity index (χ2n) is 3.83. The molecule has 0 spiro atoms. The standard InChI is InChI=1S/C9H14ClN3O3S/c1-7-11-5-9(12-7)17(14,15)13-2-3-16-6-8(13)4-10/h5,8H,2-4,6H2,1H3,(H,11,12). The molecule has 17 heavy (non-hydrogen) atoms. The van der Waals surface area contributed by atoms with Gasteiger partial charge in [0.15, 0.2) is 5.03 Å². The number of hydrogen-bond donors (Lipinski definition) is 1. The number of sulfonamides is 1. The summed E-state index contributed by atoms with van der Waals surface area (Å²) in [6, 6.07) is -0.320. The van der Waals surface area contributed by atoms with Crippen LogP contribution in [0.15, 0.2) is 11.2 Å². The predicted molar refractivity (Wildman–Crippen MR) is 62.5 cm³/mol. The maximum absolute atomic E-state index is 12.3. The van der Waals surface area contributed by atoms with Crippen LogP contribution in [-0.2, 0) is 14.8 Å². The first-order valence-corrected chi connectivity index (χ1v) is 7.20. The van der Waals surface area contributed by atoms with E-state index in [1.807, 2.05) is 0 Å². The molecule has 1 fully saturated rings. The number of aromatic nitrogens is 2. The molecule has 1 aliphatic rings. The molecule has 0 saturated carbocycles. The van der Waals surface area contributed by atoms with Gasteiger partial charge in [0, 0.05) is 12.4 Å². The van der Waals surface area contributed by atoms with Crippen molar-refractivity contribution < 1.29 is 13.2 Å². The topological polar surface area (TPSA) is 75.3 Å². The van der Waals surface area contributed by atoms with Gasteiger partial charge in [-0.2, -0.15) is 4.31 Å². The predicted octanol–water partition coefficient (Wildman–Crippen LogP) is 0.346. The summed E-state index contributed by atoms with van der Waals surface area (Å²) in [6.07, 6.45) is 1.32. The molecule has 96 valence electrons. The molecular weight excluding hydrogens is 266 g/mol. The Kier molecular flexibility index (Phi) is 3.72. The van der Waals surface area contributed by atoms with E-state index in [1.165, 1.54) is 10.5 Å². The third kappa shape index (κ3) is 2.47. The molecule has 1 N–H and O–H groups in total. The van der Waals surface area contributed by atoms with Crippen molar-refractivity contribution in [3.05, 3.63) is 12.0 Å². The molecule has 1 aromatic rings. The highest BCUT2D eigenvalue weighted by molar-refractivity contribution is 7.89. The van der Waals surface area contributed by atoms with Crippen LogP contribution in [0.2, 0.25) is 0 Å². The Bertz CT molecular complexity index is 487. The van der Waals surface area contributed by atoms with Crippen molar-refractivity contribution in [3.63, 3.8) is 0 Å². The average Bonchev–Trinajstić information content (AvgIpc) is 2.76. The van der Waals surface area contributed by atoms with Crippen molar-refractivity contribution in [2.45, 2.75) is 18.0 Å². The van der Waals surface area contributed by atoms with Gasteiger partial charge in [-0.25, -0.2) is 13.4 Å². The van der Waals surface area contributed by atoms with Crippen molar-refractivity contribution >= 4 is 21.6 Å². The van der Waals surface area contributed by atoms with Crippen molar-refractivity contribution in [2.24, 2.45) is 0 Å². The summed E-state index contributed by atoms with van der Waals surface area (Å²) in [7, 11) is -3.55. The van der Waals surface area contributed by atoms with E-state index in [0.717, 1.165) is 0 Å².